The van der Waals surface area contributed by atoms with E-state index in [2.05, 4.69) is 32.4 Å². The smallest absolute Gasteiger partial charge is 0.223 e. The van der Waals surface area contributed by atoms with Gasteiger partial charge in [-0.3, -0.25) is 4.90 Å². The predicted molar refractivity (Wildman–Crippen MR) is 74.7 cm³/mol. The van der Waals surface area contributed by atoms with E-state index >= 15 is 0 Å². The predicted octanol–water partition coefficient (Wildman–Crippen LogP) is 0.997. The van der Waals surface area contributed by atoms with Crippen LogP contribution in [-0.2, 0) is 0 Å². The number of nitrogen functional groups attached to an aromatic ring is 1. The average molecular weight is 250 g/mol. The highest BCUT2D eigenvalue weighted by molar-refractivity contribution is 5.50. The second kappa shape index (κ2) is 5.86. The molecule has 2 rings (SSSR count). The molecule has 1 atom stereocenters. The summed E-state index contributed by atoms with van der Waals surface area (Å²) >= 11 is 0. The third-order valence-corrected chi connectivity index (χ3v) is 3.42. The van der Waals surface area contributed by atoms with Gasteiger partial charge in [-0.2, -0.15) is 9.97 Å². The molecule has 0 aromatic carbocycles. The number of aromatic nitrogens is 2. The zero-order valence-corrected chi connectivity index (χ0v) is 11.1. The Morgan fingerprint density at radius 2 is 2.22 bits per heavy atom. The molecule has 18 heavy (non-hydrogen) atoms. The molecule has 1 aromatic heterocycles. The Bertz CT molecular complexity index is 394. The van der Waals surface area contributed by atoms with Crippen LogP contribution < -0.4 is 16.4 Å². The highest BCUT2D eigenvalue weighted by Crippen LogP contribution is 2.18. The van der Waals surface area contributed by atoms with Crippen LogP contribution in [0.5, 0.6) is 0 Å². The van der Waals surface area contributed by atoms with Crippen molar-refractivity contribution < 1.29 is 0 Å². The Kier molecular flexibility index (Phi) is 4.19. The van der Waals surface area contributed by atoms with Gasteiger partial charge in [-0.1, -0.05) is 6.92 Å². The van der Waals surface area contributed by atoms with Crippen molar-refractivity contribution in [3.63, 3.8) is 0 Å². The molecule has 1 aliphatic heterocycles. The van der Waals surface area contributed by atoms with Crippen LogP contribution in [0, 0.1) is 0 Å². The molecule has 0 spiro atoms. The number of hydrogen-bond acceptors (Lipinski definition) is 6. The Morgan fingerprint density at radius 1 is 1.44 bits per heavy atom. The van der Waals surface area contributed by atoms with Crippen molar-refractivity contribution in [1.29, 1.82) is 0 Å². The lowest BCUT2D eigenvalue weighted by Gasteiger charge is -2.23. The molecule has 1 aliphatic rings. The zero-order chi connectivity index (χ0) is 13.0. The first-order chi connectivity index (χ1) is 8.72. The van der Waals surface area contributed by atoms with E-state index in [1.54, 1.807) is 0 Å². The average Bonchev–Trinajstić information content (AvgIpc) is 2.83. The molecule has 6 heteroatoms. The summed E-state index contributed by atoms with van der Waals surface area (Å²) in [6, 6.07) is 2.48. The molecule has 0 radical (unpaired) electrons. The van der Waals surface area contributed by atoms with E-state index in [4.69, 9.17) is 5.73 Å². The first-order valence-corrected chi connectivity index (χ1v) is 6.53. The standard InChI is InChI=1S/C12H22N6/c1-3-18-6-4-5-9(18)8-15-11-7-10(14-2)16-12(13)17-11/h7,9H,3-6,8H2,1-2H3,(H4,13,14,15,16,17). The lowest BCUT2D eigenvalue weighted by atomic mass is 10.2. The Morgan fingerprint density at radius 3 is 2.94 bits per heavy atom. The van der Waals surface area contributed by atoms with E-state index in [1.165, 1.54) is 19.4 Å². The molecule has 1 fully saturated rings. The van der Waals surface area contributed by atoms with Crippen LogP contribution >= 0.6 is 0 Å². The highest BCUT2D eigenvalue weighted by atomic mass is 15.2. The fraction of sp³-hybridized carbons (Fsp3) is 0.667. The van der Waals surface area contributed by atoms with Crippen molar-refractivity contribution in [1.82, 2.24) is 14.9 Å². The van der Waals surface area contributed by atoms with Crippen LogP contribution in [0.3, 0.4) is 0 Å². The normalized spacial score (nSPS) is 20.0. The van der Waals surface area contributed by atoms with Gasteiger partial charge < -0.3 is 16.4 Å². The number of nitrogens with one attached hydrogen (secondary N) is 2. The SMILES string of the molecule is CCN1CCCC1CNc1cc(NC)nc(N)n1. The maximum absolute atomic E-state index is 5.66. The Hall–Kier alpha value is -1.56. The van der Waals surface area contributed by atoms with E-state index in [-0.39, 0.29) is 0 Å². The maximum Gasteiger partial charge on any atom is 0.223 e. The molecule has 4 N–H and O–H groups in total. The lowest BCUT2D eigenvalue weighted by molar-refractivity contribution is 0.277. The first-order valence-electron chi connectivity index (χ1n) is 6.53. The van der Waals surface area contributed by atoms with Gasteiger partial charge in [-0.25, -0.2) is 0 Å². The van der Waals surface area contributed by atoms with Crippen molar-refractivity contribution >= 4 is 17.6 Å². The fourth-order valence-corrected chi connectivity index (χ4v) is 2.45. The van der Waals surface area contributed by atoms with E-state index in [0.29, 0.717) is 12.0 Å². The lowest BCUT2D eigenvalue weighted by Crippen LogP contribution is -2.34. The molecular formula is C12H22N6. The summed E-state index contributed by atoms with van der Waals surface area (Å²) in [5, 5.41) is 6.33. The second-order valence-corrected chi connectivity index (χ2v) is 4.55. The van der Waals surface area contributed by atoms with Crippen molar-refractivity contribution in [2.45, 2.75) is 25.8 Å². The van der Waals surface area contributed by atoms with Crippen molar-refractivity contribution in [2.24, 2.45) is 0 Å². The number of hydrogen-bond donors (Lipinski definition) is 3. The topological polar surface area (TPSA) is 79.1 Å². The number of nitrogens with two attached hydrogens (primary N) is 1. The van der Waals surface area contributed by atoms with Gasteiger partial charge >= 0.3 is 0 Å². The van der Waals surface area contributed by atoms with E-state index in [0.717, 1.165) is 24.7 Å². The van der Waals surface area contributed by atoms with Gasteiger partial charge in [0.1, 0.15) is 11.6 Å². The molecular weight excluding hydrogens is 228 g/mol. The van der Waals surface area contributed by atoms with Gasteiger partial charge in [-0.15, -0.1) is 0 Å². The van der Waals surface area contributed by atoms with E-state index in [1.807, 2.05) is 13.1 Å². The van der Waals surface area contributed by atoms with Crippen molar-refractivity contribution in [3.8, 4) is 0 Å². The summed E-state index contributed by atoms with van der Waals surface area (Å²) in [6.07, 6.45) is 2.54. The summed E-state index contributed by atoms with van der Waals surface area (Å²) in [5.74, 6) is 1.82. The summed E-state index contributed by atoms with van der Waals surface area (Å²) in [6.45, 7) is 5.43. The number of rotatable bonds is 5. The molecule has 1 aromatic rings. The van der Waals surface area contributed by atoms with Crippen molar-refractivity contribution in [2.75, 3.05) is 43.0 Å². The summed E-state index contributed by atoms with van der Waals surface area (Å²) in [4.78, 5) is 10.8. The highest BCUT2D eigenvalue weighted by Gasteiger charge is 2.22. The molecule has 0 bridgehead atoms. The largest absolute Gasteiger partial charge is 0.373 e. The molecule has 0 saturated carbocycles. The molecule has 6 nitrogen and oxygen atoms in total. The summed E-state index contributed by atoms with van der Waals surface area (Å²) in [7, 11) is 1.82. The third kappa shape index (κ3) is 3.01. The molecule has 0 amide bonds. The second-order valence-electron chi connectivity index (χ2n) is 4.55. The minimum absolute atomic E-state index is 0.295. The molecule has 100 valence electrons. The number of likely N-dealkylation sites (tertiary alicyclic amines) is 1. The van der Waals surface area contributed by atoms with Gasteiger partial charge in [0.25, 0.3) is 0 Å². The van der Waals surface area contributed by atoms with E-state index < -0.39 is 0 Å². The Balaban J connectivity index is 1.95. The zero-order valence-electron chi connectivity index (χ0n) is 11.1. The summed E-state index contributed by atoms with van der Waals surface area (Å²) in [5.41, 5.74) is 5.66. The van der Waals surface area contributed by atoms with Gasteiger partial charge in [-0.05, 0) is 25.9 Å². The third-order valence-electron chi connectivity index (χ3n) is 3.42. The molecule has 2 heterocycles. The first kappa shape index (κ1) is 12.9. The fourth-order valence-electron chi connectivity index (χ4n) is 2.45. The van der Waals surface area contributed by atoms with Crippen LogP contribution in [0.2, 0.25) is 0 Å². The summed E-state index contributed by atoms with van der Waals surface area (Å²) < 4.78 is 0. The van der Waals surface area contributed by atoms with Gasteiger partial charge in [0.15, 0.2) is 0 Å². The number of anilines is 3. The van der Waals surface area contributed by atoms with E-state index in [9.17, 15) is 0 Å². The number of likely N-dealkylation sites (N-methyl/N-ethyl adjacent to an activating group) is 1. The van der Waals surface area contributed by atoms with Gasteiger partial charge in [0.2, 0.25) is 5.95 Å². The molecule has 0 aliphatic carbocycles. The van der Waals surface area contributed by atoms with Gasteiger partial charge in [0.05, 0.1) is 0 Å². The molecule has 1 unspecified atom stereocenters. The minimum Gasteiger partial charge on any atom is -0.373 e. The van der Waals surface area contributed by atoms with Crippen molar-refractivity contribution in [3.05, 3.63) is 6.07 Å². The number of nitrogens with zero attached hydrogens (tertiary/aromatic N) is 3. The minimum atomic E-state index is 0.295. The van der Waals surface area contributed by atoms with Crippen LogP contribution in [0.4, 0.5) is 17.6 Å². The van der Waals surface area contributed by atoms with Crippen LogP contribution in [0.15, 0.2) is 6.07 Å². The van der Waals surface area contributed by atoms with Crippen LogP contribution in [-0.4, -0.2) is 47.6 Å². The molecule has 1 saturated heterocycles. The van der Waals surface area contributed by atoms with Crippen LogP contribution in [0.1, 0.15) is 19.8 Å². The Labute approximate surface area is 108 Å². The van der Waals surface area contributed by atoms with Gasteiger partial charge in [0, 0.05) is 25.7 Å². The van der Waals surface area contributed by atoms with Crippen LogP contribution in [0.25, 0.3) is 0 Å². The monoisotopic (exact) mass is 250 g/mol. The maximum atomic E-state index is 5.66. The quantitative estimate of drug-likeness (QED) is 0.723.